The predicted molar refractivity (Wildman–Crippen MR) is 74.0 cm³/mol. The van der Waals surface area contributed by atoms with E-state index < -0.39 is 23.4 Å². The van der Waals surface area contributed by atoms with E-state index >= 15 is 0 Å². The smallest absolute Gasteiger partial charge is 0.167 e. The highest BCUT2D eigenvalue weighted by Crippen LogP contribution is 2.51. The second kappa shape index (κ2) is 4.39. The summed E-state index contributed by atoms with van der Waals surface area (Å²) in [5.41, 5.74) is 0.0561. The molecule has 1 aliphatic carbocycles. The fourth-order valence-corrected chi connectivity index (χ4v) is 3.57. The van der Waals surface area contributed by atoms with Gasteiger partial charge in [0, 0.05) is 12.3 Å². The Bertz CT molecular complexity index is 621. The summed E-state index contributed by atoms with van der Waals surface area (Å²) in [6.07, 6.45) is 0.132. The van der Waals surface area contributed by atoms with Crippen LogP contribution in [0.2, 0.25) is 0 Å². The van der Waals surface area contributed by atoms with Crippen LogP contribution in [-0.4, -0.2) is 29.1 Å². The minimum Gasteiger partial charge on any atom is -0.507 e. The number of phenols is 1. The standard InChI is InChI=1S/C16H18O5/c1-15(2)20-13(8-17)10-7-12(19)14-9(16(10,3)21-15)5-4-6-11(14)18/h4-6,8,10,13,18H,7H2,1-3H3. The van der Waals surface area contributed by atoms with Crippen LogP contribution in [0.3, 0.4) is 0 Å². The fourth-order valence-electron chi connectivity index (χ4n) is 3.57. The molecule has 21 heavy (non-hydrogen) atoms. The molecule has 3 rings (SSSR count). The molecule has 1 heterocycles. The van der Waals surface area contributed by atoms with Crippen molar-refractivity contribution in [3.8, 4) is 5.75 Å². The van der Waals surface area contributed by atoms with Crippen molar-refractivity contribution in [2.75, 3.05) is 0 Å². The molecule has 1 N–H and O–H groups in total. The average Bonchev–Trinajstić information content (AvgIpc) is 2.39. The first kappa shape index (κ1) is 14.2. The topological polar surface area (TPSA) is 72.8 Å². The minimum atomic E-state index is -0.944. The summed E-state index contributed by atoms with van der Waals surface area (Å²) in [6.45, 7) is 5.33. The highest BCUT2D eigenvalue weighted by atomic mass is 16.7. The number of hydrogen-bond donors (Lipinski definition) is 1. The Morgan fingerprint density at radius 3 is 2.71 bits per heavy atom. The summed E-state index contributed by atoms with van der Waals surface area (Å²) in [5, 5.41) is 10.0. The van der Waals surface area contributed by atoms with Crippen molar-refractivity contribution in [1.82, 2.24) is 0 Å². The lowest BCUT2D eigenvalue weighted by Gasteiger charge is -2.53. The van der Waals surface area contributed by atoms with Crippen LogP contribution in [0, 0.1) is 5.92 Å². The Morgan fingerprint density at radius 2 is 2.05 bits per heavy atom. The number of Topliss-reactive ketones (excluding diaryl/α,β-unsaturated/α-hetero) is 1. The third-order valence-corrected chi connectivity index (χ3v) is 4.38. The van der Waals surface area contributed by atoms with Gasteiger partial charge in [-0.3, -0.25) is 4.79 Å². The molecule has 0 saturated carbocycles. The van der Waals surface area contributed by atoms with E-state index in [0.29, 0.717) is 11.1 Å². The summed E-state index contributed by atoms with van der Waals surface area (Å²) in [6, 6.07) is 4.93. The summed E-state index contributed by atoms with van der Waals surface area (Å²) in [4.78, 5) is 23.7. The molecular weight excluding hydrogens is 272 g/mol. The van der Waals surface area contributed by atoms with E-state index in [0.717, 1.165) is 6.29 Å². The van der Waals surface area contributed by atoms with Gasteiger partial charge in [-0.25, -0.2) is 0 Å². The van der Waals surface area contributed by atoms with Gasteiger partial charge in [-0.05, 0) is 32.4 Å². The lowest BCUT2D eigenvalue weighted by molar-refractivity contribution is -0.349. The molecular formula is C16H18O5. The molecule has 5 heteroatoms. The van der Waals surface area contributed by atoms with E-state index in [9.17, 15) is 14.7 Å². The molecule has 0 spiro atoms. The van der Waals surface area contributed by atoms with Gasteiger partial charge in [0.25, 0.3) is 0 Å². The van der Waals surface area contributed by atoms with Crippen molar-refractivity contribution < 1.29 is 24.2 Å². The summed E-state index contributed by atoms with van der Waals surface area (Å²) in [7, 11) is 0. The molecule has 2 aliphatic rings. The van der Waals surface area contributed by atoms with Crippen LogP contribution in [0.5, 0.6) is 5.75 Å². The number of benzene rings is 1. The van der Waals surface area contributed by atoms with Gasteiger partial charge in [-0.15, -0.1) is 0 Å². The highest BCUT2D eigenvalue weighted by Gasteiger charge is 2.55. The van der Waals surface area contributed by atoms with Crippen LogP contribution in [0.15, 0.2) is 18.2 Å². The molecule has 1 fully saturated rings. The molecule has 1 aromatic rings. The zero-order valence-electron chi connectivity index (χ0n) is 12.3. The van der Waals surface area contributed by atoms with Gasteiger partial charge in [-0.1, -0.05) is 12.1 Å². The number of carbonyl (C=O) groups excluding carboxylic acids is 2. The highest BCUT2D eigenvalue weighted by molar-refractivity contribution is 6.02. The Balaban J connectivity index is 2.21. The largest absolute Gasteiger partial charge is 0.507 e. The van der Waals surface area contributed by atoms with Crippen molar-refractivity contribution in [2.45, 2.75) is 44.7 Å². The molecule has 0 bridgehead atoms. The maximum atomic E-state index is 12.3. The van der Waals surface area contributed by atoms with Gasteiger partial charge >= 0.3 is 0 Å². The third-order valence-electron chi connectivity index (χ3n) is 4.38. The Labute approximate surface area is 122 Å². The normalized spacial score (nSPS) is 34.0. The molecule has 0 aromatic heterocycles. The number of ketones is 1. The Hall–Kier alpha value is -1.72. The third kappa shape index (κ3) is 2.00. The van der Waals surface area contributed by atoms with Crippen molar-refractivity contribution in [3.63, 3.8) is 0 Å². The van der Waals surface area contributed by atoms with Crippen LogP contribution in [0.1, 0.15) is 43.1 Å². The van der Waals surface area contributed by atoms with Gasteiger partial charge in [0.1, 0.15) is 23.7 Å². The molecule has 1 saturated heterocycles. The molecule has 5 nitrogen and oxygen atoms in total. The number of carbonyl (C=O) groups is 2. The van der Waals surface area contributed by atoms with E-state index in [-0.39, 0.29) is 18.0 Å². The number of ether oxygens (including phenoxy) is 2. The van der Waals surface area contributed by atoms with Crippen LogP contribution in [-0.2, 0) is 19.9 Å². The second-order valence-electron chi connectivity index (χ2n) is 6.26. The van der Waals surface area contributed by atoms with Crippen molar-refractivity contribution in [2.24, 2.45) is 5.92 Å². The van der Waals surface area contributed by atoms with Gasteiger partial charge in [0.15, 0.2) is 11.6 Å². The molecule has 112 valence electrons. The first-order valence-electron chi connectivity index (χ1n) is 6.97. The van der Waals surface area contributed by atoms with E-state index in [4.69, 9.17) is 9.47 Å². The fraction of sp³-hybridized carbons (Fsp3) is 0.500. The quantitative estimate of drug-likeness (QED) is 0.802. The van der Waals surface area contributed by atoms with Gasteiger partial charge in [0.05, 0.1) is 5.56 Å². The summed E-state index contributed by atoms with van der Waals surface area (Å²) >= 11 is 0. The molecule has 3 atom stereocenters. The number of hydrogen-bond acceptors (Lipinski definition) is 5. The van der Waals surface area contributed by atoms with E-state index in [1.807, 2.05) is 6.92 Å². The molecule has 1 aliphatic heterocycles. The van der Waals surface area contributed by atoms with Crippen LogP contribution in [0.4, 0.5) is 0 Å². The van der Waals surface area contributed by atoms with Crippen LogP contribution >= 0.6 is 0 Å². The second-order valence-corrected chi connectivity index (χ2v) is 6.26. The number of phenolic OH excluding ortho intramolecular Hbond substituents is 1. The lowest BCUT2D eigenvalue weighted by atomic mass is 9.68. The Morgan fingerprint density at radius 1 is 1.33 bits per heavy atom. The first-order valence-corrected chi connectivity index (χ1v) is 6.97. The average molecular weight is 290 g/mol. The van der Waals surface area contributed by atoms with Crippen LogP contribution in [0.25, 0.3) is 0 Å². The molecule has 0 radical (unpaired) electrons. The van der Waals surface area contributed by atoms with Gasteiger partial charge in [0.2, 0.25) is 0 Å². The summed E-state index contributed by atoms with van der Waals surface area (Å²) < 4.78 is 11.7. The zero-order chi connectivity index (χ0) is 15.4. The first-order chi connectivity index (χ1) is 9.78. The molecule has 0 amide bonds. The minimum absolute atomic E-state index is 0.0484. The Kier molecular flexibility index (Phi) is 2.97. The monoisotopic (exact) mass is 290 g/mol. The van der Waals surface area contributed by atoms with Gasteiger partial charge in [-0.2, -0.15) is 0 Å². The molecule has 1 aromatic carbocycles. The van der Waals surface area contributed by atoms with Gasteiger partial charge < -0.3 is 19.4 Å². The van der Waals surface area contributed by atoms with E-state index in [2.05, 4.69) is 0 Å². The van der Waals surface area contributed by atoms with E-state index in [1.165, 1.54) is 6.07 Å². The zero-order valence-corrected chi connectivity index (χ0v) is 12.3. The summed E-state index contributed by atoms with van der Waals surface area (Å²) in [5.74, 6) is -1.58. The van der Waals surface area contributed by atoms with Crippen molar-refractivity contribution in [1.29, 1.82) is 0 Å². The lowest BCUT2D eigenvalue weighted by Crippen LogP contribution is -2.58. The predicted octanol–water partition coefficient (Wildman–Crippen LogP) is 2.16. The van der Waals surface area contributed by atoms with Crippen LogP contribution < -0.4 is 0 Å². The SMILES string of the molecule is CC1(C)OC(C=O)C2CC(=O)c3c(O)cccc3C2(C)O1. The van der Waals surface area contributed by atoms with Crippen molar-refractivity contribution in [3.05, 3.63) is 29.3 Å². The number of rotatable bonds is 1. The maximum absolute atomic E-state index is 12.3. The number of fused-ring (bicyclic) bond motifs is 3. The number of aldehydes is 1. The number of aromatic hydroxyl groups is 1. The maximum Gasteiger partial charge on any atom is 0.167 e. The van der Waals surface area contributed by atoms with E-state index in [1.54, 1.807) is 26.0 Å². The van der Waals surface area contributed by atoms with Crippen molar-refractivity contribution >= 4 is 12.1 Å². The molecule has 3 unspecified atom stereocenters.